The lowest BCUT2D eigenvalue weighted by Gasteiger charge is -2.05. The molecule has 0 atom stereocenters. The van der Waals surface area contributed by atoms with Gasteiger partial charge in [-0.1, -0.05) is 31.9 Å². The molecular formula is C19H20N2O. The summed E-state index contributed by atoms with van der Waals surface area (Å²) >= 11 is 0. The molecule has 0 saturated carbocycles. The average Bonchev–Trinajstić information content (AvgIpc) is 2.58. The molecule has 0 aliphatic heterocycles. The Labute approximate surface area is 131 Å². The topological polar surface area (TPSA) is 45.4 Å². The van der Waals surface area contributed by atoms with Crippen LogP contribution in [0.1, 0.15) is 37.3 Å². The second-order valence-corrected chi connectivity index (χ2v) is 5.04. The Bertz CT molecular complexity index is 637. The van der Waals surface area contributed by atoms with E-state index in [1.165, 1.54) is 12.8 Å². The van der Waals surface area contributed by atoms with Crippen molar-refractivity contribution in [1.82, 2.24) is 0 Å². The Morgan fingerprint density at radius 3 is 2.41 bits per heavy atom. The van der Waals surface area contributed by atoms with E-state index in [0.717, 1.165) is 30.0 Å². The first kappa shape index (κ1) is 15.8. The maximum atomic E-state index is 8.76. The van der Waals surface area contributed by atoms with Gasteiger partial charge in [0, 0.05) is 6.21 Å². The largest absolute Gasteiger partial charge is 0.494 e. The van der Waals surface area contributed by atoms with Gasteiger partial charge in [0.25, 0.3) is 0 Å². The second-order valence-electron chi connectivity index (χ2n) is 5.04. The van der Waals surface area contributed by atoms with Crippen LogP contribution in [0.2, 0.25) is 0 Å². The normalized spacial score (nSPS) is 10.5. The number of benzene rings is 2. The molecule has 3 heteroatoms. The molecule has 2 aromatic rings. The lowest BCUT2D eigenvalue weighted by Crippen LogP contribution is -1.96. The second kappa shape index (κ2) is 8.63. The zero-order valence-corrected chi connectivity index (χ0v) is 12.8. The van der Waals surface area contributed by atoms with Crippen molar-refractivity contribution in [2.75, 3.05) is 6.61 Å². The quantitative estimate of drug-likeness (QED) is 0.539. The third-order valence-electron chi connectivity index (χ3n) is 3.26. The van der Waals surface area contributed by atoms with Gasteiger partial charge in [-0.05, 0) is 48.4 Å². The van der Waals surface area contributed by atoms with Crippen LogP contribution in [0.5, 0.6) is 5.75 Å². The van der Waals surface area contributed by atoms with E-state index < -0.39 is 0 Å². The van der Waals surface area contributed by atoms with E-state index in [-0.39, 0.29) is 0 Å². The highest BCUT2D eigenvalue weighted by Gasteiger charge is 1.95. The molecule has 0 N–H and O–H groups in total. The fourth-order valence-electron chi connectivity index (χ4n) is 1.96. The fraction of sp³-hybridized carbons (Fsp3) is 0.263. The van der Waals surface area contributed by atoms with Crippen LogP contribution in [0.4, 0.5) is 5.69 Å². The molecule has 112 valence electrons. The van der Waals surface area contributed by atoms with Gasteiger partial charge in [-0.3, -0.25) is 4.99 Å². The third kappa shape index (κ3) is 5.06. The van der Waals surface area contributed by atoms with Gasteiger partial charge < -0.3 is 4.74 Å². The van der Waals surface area contributed by atoms with E-state index in [1.54, 1.807) is 18.3 Å². The lowest BCUT2D eigenvalue weighted by molar-refractivity contribution is 0.306. The predicted octanol–water partition coefficient (Wildman–Crippen LogP) is 4.88. The van der Waals surface area contributed by atoms with E-state index in [1.807, 2.05) is 36.4 Å². The van der Waals surface area contributed by atoms with Crippen molar-refractivity contribution in [3.8, 4) is 11.8 Å². The van der Waals surface area contributed by atoms with Gasteiger partial charge in [0.2, 0.25) is 0 Å². The number of nitriles is 1. The van der Waals surface area contributed by atoms with Gasteiger partial charge in [0.1, 0.15) is 5.75 Å². The van der Waals surface area contributed by atoms with Gasteiger partial charge in [-0.25, -0.2) is 0 Å². The highest BCUT2D eigenvalue weighted by atomic mass is 16.5. The minimum Gasteiger partial charge on any atom is -0.494 e. The molecule has 0 fully saturated rings. The Morgan fingerprint density at radius 2 is 1.77 bits per heavy atom. The van der Waals surface area contributed by atoms with Crippen molar-refractivity contribution >= 4 is 11.9 Å². The highest BCUT2D eigenvalue weighted by molar-refractivity contribution is 5.82. The van der Waals surface area contributed by atoms with Crippen molar-refractivity contribution in [1.29, 1.82) is 5.26 Å². The predicted molar refractivity (Wildman–Crippen MR) is 89.9 cm³/mol. The summed E-state index contributed by atoms with van der Waals surface area (Å²) in [6.07, 6.45) is 5.28. The Kier molecular flexibility index (Phi) is 6.19. The van der Waals surface area contributed by atoms with Gasteiger partial charge in [0.15, 0.2) is 0 Å². The number of nitrogens with zero attached hydrogens (tertiary/aromatic N) is 2. The molecule has 0 unspecified atom stereocenters. The van der Waals surface area contributed by atoms with Gasteiger partial charge >= 0.3 is 0 Å². The van der Waals surface area contributed by atoms with E-state index in [9.17, 15) is 0 Å². The van der Waals surface area contributed by atoms with Crippen LogP contribution < -0.4 is 4.74 Å². The molecule has 0 aliphatic rings. The summed E-state index contributed by atoms with van der Waals surface area (Å²) in [4.78, 5) is 4.42. The van der Waals surface area contributed by atoms with Crippen LogP contribution >= 0.6 is 0 Å². The van der Waals surface area contributed by atoms with Gasteiger partial charge in [-0.2, -0.15) is 5.26 Å². The number of ether oxygens (including phenoxy) is 1. The highest BCUT2D eigenvalue weighted by Crippen LogP contribution is 2.18. The first-order valence-corrected chi connectivity index (χ1v) is 7.59. The van der Waals surface area contributed by atoms with Crippen molar-refractivity contribution in [2.45, 2.75) is 26.2 Å². The molecule has 0 aliphatic carbocycles. The fourth-order valence-corrected chi connectivity index (χ4v) is 1.96. The molecule has 2 rings (SSSR count). The van der Waals surface area contributed by atoms with Crippen LogP contribution in [0.15, 0.2) is 53.5 Å². The van der Waals surface area contributed by atoms with Crippen molar-refractivity contribution in [2.24, 2.45) is 4.99 Å². The van der Waals surface area contributed by atoms with E-state index in [4.69, 9.17) is 10.00 Å². The van der Waals surface area contributed by atoms with E-state index >= 15 is 0 Å². The summed E-state index contributed by atoms with van der Waals surface area (Å²) in [6, 6.07) is 17.2. The van der Waals surface area contributed by atoms with Crippen LogP contribution in [-0.4, -0.2) is 12.8 Å². The monoisotopic (exact) mass is 292 g/mol. The van der Waals surface area contributed by atoms with Crippen molar-refractivity contribution in [3.05, 3.63) is 59.7 Å². The molecule has 0 radical (unpaired) electrons. The molecule has 0 saturated heterocycles. The minimum atomic E-state index is 0.654. The number of hydrogen-bond donors (Lipinski definition) is 0. The molecule has 0 aromatic heterocycles. The minimum absolute atomic E-state index is 0.654. The molecule has 0 spiro atoms. The molecule has 2 aromatic carbocycles. The lowest BCUT2D eigenvalue weighted by atomic mass is 10.2. The number of rotatable bonds is 7. The molecule has 3 nitrogen and oxygen atoms in total. The Balaban J connectivity index is 1.90. The van der Waals surface area contributed by atoms with Gasteiger partial charge in [-0.15, -0.1) is 0 Å². The van der Waals surface area contributed by atoms with Crippen molar-refractivity contribution in [3.63, 3.8) is 0 Å². The summed E-state index contributed by atoms with van der Waals surface area (Å²) in [7, 11) is 0. The molecule has 0 amide bonds. The van der Waals surface area contributed by atoms with Crippen LogP contribution in [0, 0.1) is 11.3 Å². The standard InChI is InChI=1S/C19H20N2O/c1-2-3-4-13-22-19-11-9-18(10-12-19)21-15-17-7-5-16(14-20)6-8-17/h5-12,15H,2-4,13H2,1H3/b21-15+. The van der Waals surface area contributed by atoms with E-state index in [2.05, 4.69) is 18.0 Å². The number of hydrogen-bond acceptors (Lipinski definition) is 3. The van der Waals surface area contributed by atoms with Crippen LogP contribution in [-0.2, 0) is 0 Å². The smallest absolute Gasteiger partial charge is 0.119 e. The first-order valence-electron chi connectivity index (χ1n) is 7.59. The average molecular weight is 292 g/mol. The maximum Gasteiger partial charge on any atom is 0.119 e. The molecule has 0 heterocycles. The molecular weight excluding hydrogens is 272 g/mol. The van der Waals surface area contributed by atoms with Crippen LogP contribution in [0.3, 0.4) is 0 Å². The summed E-state index contributed by atoms with van der Waals surface area (Å²) in [5.74, 6) is 0.883. The van der Waals surface area contributed by atoms with Crippen LogP contribution in [0.25, 0.3) is 0 Å². The Morgan fingerprint density at radius 1 is 1.05 bits per heavy atom. The zero-order chi connectivity index (χ0) is 15.6. The van der Waals surface area contributed by atoms with Gasteiger partial charge in [0.05, 0.1) is 23.9 Å². The first-order chi connectivity index (χ1) is 10.8. The summed E-state index contributed by atoms with van der Waals surface area (Å²) < 4.78 is 5.67. The summed E-state index contributed by atoms with van der Waals surface area (Å²) in [5.41, 5.74) is 2.51. The SMILES string of the molecule is CCCCCOc1ccc(/N=C/c2ccc(C#N)cc2)cc1. The molecule has 0 bridgehead atoms. The van der Waals surface area contributed by atoms with E-state index in [0.29, 0.717) is 5.56 Å². The summed E-state index contributed by atoms with van der Waals surface area (Å²) in [6.45, 7) is 2.95. The summed E-state index contributed by atoms with van der Waals surface area (Å²) in [5, 5.41) is 8.76. The molecule has 22 heavy (non-hydrogen) atoms. The number of aliphatic imine (C=N–C) groups is 1. The maximum absolute atomic E-state index is 8.76. The third-order valence-corrected chi connectivity index (χ3v) is 3.26. The number of unbranched alkanes of at least 4 members (excludes halogenated alkanes) is 2. The Hall–Kier alpha value is -2.60. The zero-order valence-electron chi connectivity index (χ0n) is 12.8. The van der Waals surface area contributed by atoms with Crippen molar-refractivity contribution < 1.29 is 4.74 Å².